The summed E-state index contributed by atoms with van der Waals surface area (Å²) >= 11 is 0. The molecule has 0 fully saturated rings. The van der Waals surface area contributed by atoms with E-state index in [1.54, 1.807) is 0 Å². The summed E-state index contributed by atoms with van der Waals surface area (Å²) in [7, 11) is -4.71. The Morgan fingerprint density at radius 3 is 1.77 bits per heavy atom. The molecule has 0 rings (SSSR count). The Morgan fingerprint density at radius 1 is 0.733 bits per heavy atom. The highest BCUT2D eigenvalue weighted by Crippen LogP contribution is 2.35. The normalized spacial score (nSPS) is 12.5. The maximum Gasteiger partial charge on any atom is 0.469 e. The van der Waals surface area contributed by atoms with E-state index in [2.05, 4.69) is 11.4 Å². The molecule has 0 aromatic heterocycles. The third-order valence-corrected chi connectivity index (χ3v) is 5.11. The van der Waals surface area contributed by atoms with Crippen molar-refractivity contribution in [2.75, 3.05) is 13.2 Å². The first-order valence-corrected chi connectivity index (χ1v) is 12.9. The average Bonchev–Trinajstić information content (AvgIpc) is 2.69. The molecule has 0 aromatic rings. The first-order valence-electron chi connectivity index (χ1n) is 11.3. The highest BCUT2D eigenvalue weighted by atomic mass is 31.2. The summed E-state index contributed by atoms with van der Waals surface area (Å²) in [5.74, 6) is -0.928. The molecule has 0 bridgehead atoms. The van der Waals surface area contributed by atoms with Crippen molar-refractivity contribution in [3.05, 3.63) is 0 Å². The van der Waals surface area contributed by atoms with Gasteiger partial charge in [-0.25, -0.2) is 4.57 Å². The van der Waals surface area contributed by atoms with Gasteiger partial charge in [0.05, 0.1) is 6.61 Å². The van der Waals surface area contributed by atoms with Crippen LogP contribution >= 0.6 is 7.82 Å². The molecule has 0 aliphatic carbocycles. The third-order valence-electron chi connectivity index (χ3n) is 4.63. The second-order valence-electron chi connectivity index (χ2n) is 7.62. The Bertz CT molecular complexity index is 491. The number of carbonyl (C=O) groups is 2. The minimum atomic E-state index is -4.71. The molecule has 0 aliphatic heterocycles. The molecule has 8 nitrogen and oxygen atoms in total. The molecule has 9 heteroatoms. The summed E-state index contributed by atoms with van der Waals surface area (Å²) in [5, 5.41) is 0. The first kappa shape index (κ1) is 29.1. The van der Waals surface area contributed by atoms with Gasteiger partial charge in [-0.05, 0) is 12.8 Å². The van der Waals surface area contributed by atoms with Crippen molar-refractivity contribution in [1.29, 1.82) is 0 Å². The standard InChI is InChI=1S/C21H41O8P/c1-3-5-7-8-9-10-11-12-13-14-16-21(23)29-19(18-28-30(24,25)26)17-27-20(22)15-6-4-2/h19H,3-18H2,1-2H3,(H2,24,25,26)/t19-/m1/s1. The second-order valence-corrected chi connectivity index (χ2v) is 8.86. The smallest absolute Gasteiger partial charge is 0.462 e. The molecule has 0 aromatic carbocycles. The van der Waals surface area contributed by atoms with Gasteiger partial charge in [-0.1, -0.05) is 78.1 Å². The fourth-order valence-electron chi connectivity index (χ4n) is 2.88. The average molecular weight is 453 g/mol. The number of phosphoric acid groups is 1. The van der Waals surface area contributed by atoms with Crippen LogP contribution in [0.15, 0.2) is 0 Å². The highest BCUT2D eigenvalue weighted by Gasteiger charge is 2.22. The molecule has 0 spiro atoms. The van der Waals surface area contributed by atoms with Gasteiger partial charge in [-0.2, -0.15) is 0 Å². The van der Waals surface area contributed by atoms with Crippen molar-refractivity contribution in [2.45, 2.75) is 110 Å². The maximum absolute atomic E-state index is 12.0. The molecular formula is C21H41O8P. The highest BCUT2D eigenvalue weighted by molar-refractivity contribution is 7.46. The summed E-state index contributed by atoms with van der Waals surface area (Å²) in [4.78, 5) is 41.3. The predicted molar refractivity (Wildman–Crippen MR) is 115 cm³/mol. The zero-order chi connectivity index (χ0) is 22.7. The van der Waals surface area contributed by atoms with Gasteiger partial charge in [-0.15, -0.1) is 0 Å². The lowest BCUT2D eigenvalue weighted by Crippen LogP contribution is -2.29. The van der Waals surface area contributed by atoms with Crippen LogP contribution in [0.4, 0.5) is 0 Å². The SMILES string of the molecule is CCCCCCCCCCCCC(=O)O[C@H](COC(=O)CCCC)COP(=O)(O)O. The Kier molecular flexibility index (Phi) is 18.2. The number of ether oxygens (including phenoxy) is 2. The van der Waals surface area contributed by atoms with E-state index in [4.69, 9.17) is 19.3 Å². The van der Waals surface area contributed by atoms with Crippen LogP contribution < -0.4 is 0 Å². The summed E-state index contributed by atoms with van der Waals surface area (Å²) < 4.78 is 25.5. The number of hydrogen-bond acceptors (Lipinski definition) is 6. The Balaban J connectivity index is 4.06. The van der Waals surface area contributed by atoms with E-state index in [0.29, 0.717) is 12.8 Å². The van der Waals surface area contributed by atoms with E-state index >= 15 is 0 Å². The fraction of sp³-hybridized carbons (Fsp3) is 0.905. The van der Waals surface area contributed by atoms with Crippen molar-refractivity contribution in [3.63, 3.8) is 0 Å². The van der Waals surface area contributed by atoms with E-state index in [-0.39, 0.29) is 19.4 Å². The minimum absolute atomic E-state index is 0.215. The Morgan fingerprint density at radius 2 is 1.23 bits per heavy atom. The van der Waals surface area contributed by atoms with Gasteiger partial charge in [-0.3, -0.25) is 14.1 Å². The Hall–Kier alpha value is -0.950. The van der Waals surface area contributed by atoms with Gasteiger partial charge in [0.25, 0.3) is 0 Å². The van der Waals surface area contributed by atoms with Crippen LogP contribution in [-0.4, -0.2) is 41.0 Å². The van der Waals surface area contributed by atoms with Crippen LogP contribution in [0.3, 0.4) is 0 Å². The van der Waals surface area contributed by atoms with Crippen LogP contribution in [0.5, 0.6) is 0 Å². The molecule has 178 valence electrons. The molecule has 0 saturated carbocycles. The Labute approximate surface area is 181 Å². The number of esters is 2. The summed E-state index contributed by atoms with van der Waals surface area (Å²) in [6, 6.07) is 0. The van der Waals surface area contributed by atoms with E-state index in [1.807, 2.05) is 6.92 Å². The van der Waals surface area contributed by atoms with Crippen molar-refractivity contribution in [3.8, 4) is 0 Å². The van der Waals surface area contributed by atoms with E-state index in [9.17, 15) is 14.2 Å². The third kappa shape index (κ3) is 20.3. The molecule has 1 atom stereocenters. The number of carbonyl (C=O) groups excluding carboxylic acids is 2. The van der Waals surface area contributed by atoms with E-state index in [0.717, 1.165) is 25.7 Å². The van der Waals surface area contributed by atoms with Crippen LogP contribution in [0.1, 0.15) is 104 Å². The van der Waals surface area contributed by atoms with Crippen molar-refractivity contribution in [1.82, 2.24) is 0 Å². The molecule has 2 N–H and O–H groups in total. The van der Waals surface area contributed by atoms with Gasteiger partial charge in [0.15, 0.2) is 6.10 Å². The van der Waals surface area contributed by atoms with Crippen LogP contribution in [0.25, 0.3) is 0 Å². The number of rotatable bonds is 20. The number of unbranched alkanes of at least 4 members (excludes halogenated alkanes) is 10. The molecule has 0 unspecified atom stereocenters. The summed E-state index contributed by atoms with van der Waals surface area (Å²) in [5.41, 5.74) is 0. The van der Waals surface area contributed by atoms with Crippen LogP contribution in [-0.2, 0) is 28.2 Å². The largest absolute Gasteiger partial charge is 0.469 e. The van der Waals surface area contributed by atoms with Gasteiger partial charge < -0.3 is 19.3 Å². The molecular weight excluding hydrogens is 411 g/mol. The molecule has 0 aliphatic rings. The lowest BCUT2D eigenvalue weighted by molar-refractivity contribution is -0.161. The molecule has 0 radical (unpaired) electrons. The fourth-order valence-corrected chi connectivity index (χ4v) is 3.24. The van der Waals surface area contributed by atoms with Crippen LogP contribution in [0, 0.1) is 0 Å². The van der Waals surface area contributed by atoms with E-state index < -0.39 is 32.5 Å². The predicted octanol–water partition coefficient (Wildman–Crippen LogP) is 5.05. The van der Waals surface area contributed by atoms with Gasteiger partial charge in [0, 0.05) is 12.8 Å². The van der Waals surface area contributed by atoms with E-state index in [1.165, 1.54) is 38.5 Å². The van der Waals surface area contributed by atoms with Gasteiger partial charge in [0.1, 0.15) is 6.61 Å². The molecule has 0 heterocycles. The lowest BCUT2D eigenvalue weighted by atomic mass is 10.1. The molecule has 30 heavy (non-hydrogen) atoms. The number of phosphoric ester groups is 1. The van der Waals surface area contributed by atoms with Crippen molar-refractivity contribution in [2.24, 2.45) is 0 Å². The lowest BCUT2D eigenvalue weighted by Gasteiger charge is -2.18. The summed E-state index contributed by atoms with van der Waals surface area (Å²) in [6.45, 7) is 3.33. The number of hydrogen-bond donors (Lipinski definition) is 2. The zero-order valence-corrected chi connectivity index (χ0v) is 19.6. The molecule has 0 amide bonds. The minimum Gasteiger partial charge on any atom is -0.462 e. The zero-order valence-electron chi connectivity index (χ0n) is 18.7. The monoisotopic (exact) mass is 452 g/mol. The molecule has 0 saturated heterocycles. The summed E-state index contributed by atoms with van der Waals surface area (Å²) in [6.07, 6.45) is 12.4. The topological polar surface area (TPSA) is 119 Å². The quantitative estimate of drug-likeness (QED) is 0.150. The first-order chi connectivity index (χ1) is 14.3. The maximum atomic E-state index is 12.0. The second kappa shape index (κ2) is 18.8. The van der Waals surface area contributed by atoms with Gasteiger partial charge in [0.2, 0.25) is 0 Å². The van der Waals surface area contributed by atoms with Crippen molar-refractivity contribution >= 4 is 19.8 Å². The van der Waals surface area contributed by atoms with Gasteiger partial charge >= 0.3 is 19.8 Å². The van der Waals surface area contributed by atoms with Crippen molar-refractivity contribution < 1.29 is 37.9 Å². The van der Waals surface area contributed by atoms with Crippen LogP contribution in [0.2, 0.25) is 0 Å².